The SMILES string of the molecule is C[C@H](NC(=O)COc1nc2cccnc2n1Cc1ccc(OC(F)(F)F)cc1)c1ccc(Cl)cc1. The molecule has 182 valence electrons. The van der Waals surface area contributed by atoms with Crippen LogP contribution in [0.5, 0.6) is 11.8 Å². The Morgan fingerprint density at radius 2 is 1.83 bits per heavy atom. The molecule has 0 fully saturated rings. The van der Waals surface area contributed by atoms with Gasteiger partial charge in [-0.25, -0.2) is 4.98 Å². The van der Waals surface area contributed by atoms with Gasteiger partial charge in [-0.3, -0.25) is 9.36 Å². The van der Waals surface area contributed by atoms with Crippen LogP contribution in [0.3, 0.4) is 0 Å². The van der Waals surface area contributed by atoms with Crippen LogP contribution in [0.1, 0.15) is 24.1 Å². The third kappa shape index (κ3) is 6.42. The summed E-state index contributed by atoms with van der Waals surface area (Å²) < 4.78 is 48.5. The third-order valence-corrected chi connectivity index (χ3v) is 5.30. The van der Waals surface area contributed by atoms with Gasteiger partial charge in [0.25, 0.3) is 11.9 Å². The molecular formula is C24H20ClF3N4O3. The van der Waals surface area contributed by atoms with E-state index in [1.807, 2.05) is 19.1 Å². The number of nitrogens with one attached hydrogen (secondary N) is 1. The molecule has 0 saturated heterocycles. The molecule has 11 heteroatoms. The van der Waals surface area contributed by atoms with E-state index in [1.165, 1.54) is 24.3 Å². The molecule has 0 saturated carbocycles. The van der Waals surface area contributed by atoms with Crippen molar-refractivity contribution in [3.05, 3.63) is 83.0 Å². The second-order valence-corrected chi connectivity index (χ2v) is 8.08. The van der Waals surface area contributed by atoms with Crippen molar-refractivity contribution in [2.45, 2.75) is 25.9 Å². The molecule has 1 atom stereocenters. The largest absolute Gasteiger partial charge is 0.573 e. The van der Waals surface area contributed by atoms with Crippen LogP contribution in [0.25, 0.3) is 11.2 Å². The van der Waals surface area contributed by atoms with Gasteiger partial charge in [0, 0.05) is 11.2 Å². The van der Waals surface area contributed by atoms with Crippen molar-refractivity contribution in [3.63, 3.8) is 0 Å². The number of rotatable bonds is 8. The molecule has 4 rings (SSSR count). The highest BCUT2D eigenvalue weighted by molar-refractivity contribution is 6.30. The number of aromatic nitrogens is 3. The van der Waals surface area contributed by atoms with Crippen molar-refractivity contribution < 1.29 is 27.4 Å². The monoisotopic (exact) mass is 504 g/mol. The number of ether oxygens (including phenoxy) is 2. The van der Waals surface area contributed by atoms with Gasteiger partial charge >= 0.3 is 6.36 Å². The van der Waals surface area contributed by atoms with Crippen molar-refractivity contribution in [2.24, 2.45) is 0 Å². The molecule has 4 aromatic rings. The fourth-order valence-corrected chi connectivity index (χ4v) is 3.54. The first kappa shape index (κ1) is 24.3. The molecule has 0 aliphatic rings. The fraction of sp³-hybridized carbons (Fsp3) is 0.208. The number of pyridine rings is 1. The molecule has 1 N–H and O–H groups in total. The van der Waals surface area contributed by atoms with Gasteiger partial charge in [-0.05, 0) is 54.4 Å². The zero-order valence-electron chi connectivity index (χ0n) is 18.4. The highest BCUT2D eigenvalue weighted by Gasteiger charge is 2.31. The Hall–Kier alpha value is -3.79. The standard InChI is InChI=1S/C24H20ClF3N4O3/c1-15(17-6-8-18(25)9-7-17)30-21(33)14-34-23-31-20-3-2-12-29-22(20)32(23)13-16-4-10-19(11-5-16)35-24(26,27)28/h2-12,15H,13-14H2,1H3,(H,30,33)/t15-/m0/s1. The van der Waals surface area contributed by atoms with E-state index in [4.69, 9.17) is 16.3 Å². The van der Waals surface area contributed by atoms with Gasteiger partial charge in [0.05, 0.1) is 12.6 Å². The lowest BCUT2D eigenvalue weighted by molar-refractivity contribution is -0.274. The molecule has 2 heterocycles. The molecule has 0 bridgehead atoms. The minimum Gasteiger partial charge on any atom is -0.455 e. The van der Waals surface area contributed by atoms with Crippen LogP contribution in [0.15, 0.2) is 66.9 Å². The van der Waals surface area contributed by atoms with E-state index in [9.17, 15) is 18.0 Å². The summed E-state index contributed by atoms with van der Waals surface area (Å²) in [5, 5.41) is 3.45. The molecule has 1 amide bonds. The topological polar surface area (TPSA) is 78.3 Å². The first-order valence-electron chi connectivity index (χ1n) is 10.5. The number of fused-ring (bicyclic) bond motifs is 1. The maximum atomic E-state index is 12.5. The van der Waals surface area contributed by atoms with Gasteiger partial charge in [-0.2, -0.15) is 4.98 Å². The zero-order valence-corrected chi connectivity index (χ0v) is 19.2. The average molecular weight is 505 g/mol. The summed E-state index contributed by atoms with van der Waals surface area (Å²) in [6, 6.07) is 15.9. The molecule has 0 radical (unpaired) electrons. The molecule has 7 nitrogen and oxygen atoms in total. The van der Waals surface area contributed by atoms with E-state index in [0.717, 1.165) is 5.56 Å². The first-order valence-corrected chi connectivity index (χ1v) is 10.9. The Labute approximate surface area is 203 Å². The number of halogens is 4. The van der Waals surface area contributed by atoms with Gasteiger partial charge in [-0.1, -0.05) is 35.9 Å². The molecule has 0 unspecified atom stereocenters. The highest BCUT2D eigenvalue weighted by Crippen LogP contribution is 2.25. The maximum Gasteiger partial charge on any atom is 0.573 e. The summed E-state index contributed by atoms with van der Waals surface area (Å²) in [4.78, 5) is 21.2. The van der Waals surface area contributed by atoms with Gasteiger partial charge in [0.1, 0.15) is 11.3 Å². The molecule has 35 heavy (non-hydrogen) atoms. The van der Waals surface area contributed by atoms with Crippen LogP contribution in [0, 0.1) is 0 Å². The number of imidazole rings is 1. The Morgan fingerprint density at radius 1 is 1.11 bits per heavy atom. The quantitative estimate of drug-likeness (QED) is 0.353. The number of hydrogen-bond donors (Lipinski definition) is 1. The predicted molar refractivity (Wildman–Crippen MR) is 123 cm³/mol. The van der Waals surface area contributed by atoms with Crippen LogP contribution in [0.2, 0.25) is 5.02 Å². The number of amides is 1. The van der Waals surface area contributed by atoms with Gasteiger partial charge < -0.3 is 14.8 Å². The lowest BCUT2D eigenvalue weighted by Crippen LogP contribution is -2.31. The minimum atomic E-state index is -4.77. The Balaban J connectivity index is 1.46. The Bertz CT molecular complexity index is 1310. The first-order chi connectivity index (χ1) is 16.7. The number of benzene rings is 2. The summed E-state index contributed by atoms with van der Waals surface area (Å²) in [7, 11) is 0. The molecule has 0 aliphatic heterocycles. The van der Waals surface area contributed by atoms with Crippen LogP contribution >= 0.6 is 11.6 Å². The zero-order chi connectivity index (χ0) is 25.0. The van der Waals surface area contributed by atoms with Crippen molar-refractivity contribution in [1.29, 1.82) is 0 Å². The Morgan fingerprint density at radius 3 is 2.51 bits per heavy atom. The van der Waals surface area contributed by atoms with Crippen molar-refractivity contribution >= 4 is 28.7 Å². The van der Waals surface area contributed by atoms with Gasteiger partial charge in [0.2, 0.25) is 0 Å². The Kier molecular flexibility index (Phi) is 7.11. The molecule has 0 aliphatic carbocycles. The third-order valence-electron chi connectivity index (χ3n) is 5.05. The number of alkyl halides is 3. The minimum absolute atomic E-state index is 0.156. The van der Waals surface area contributed by atoms with E-state index in [0.29, 0.717) is 21.7 Å². The lowest BCUT2D eigenvalue weighted by atomic mass is 10.1. The van der Waals surface area contributed by atoms with E-state index in [-0.39, 0.29) is 36.9 Å². The van der Waals surface area contributed by atoms with Crippen LogP contribution in [-0.4, -0.2) is 33.4 Å². The predicted octanol–water partition coefficient (Wildman–Crippen LogP) is 5.29. The fourth-order valence-electron chi connectivity index (χ4n) is 3.42. The number of carbonyl (C=O) groups is 1. The van der Waals surface area contributed by atoms with Gasteiger partial charge in [-0.15, -0.1) is 13.2 Å². The van der Waals surface area contributed by atoms with Crippen molar-refractivity contribution in [3.8, 4) is 11.8 Å². The average Bonchev–Trinajstić information content (AvgIpc) is 3.16. The highest BCUT2D eigenvalue weighted by atomic mass is 35.5. The maximum absolute atomic E-state index is 12.5. The summed E-state index contributed by atoms with van der Waals surface area (Å²) in [6.07, 6.45) is -3.18. The summed E-state index contributed by atoms with van der Waals surface area (Å²) in [5.41, 5.74) is 2.61. The lowest BCUT2D eigenvalue weighted by Gasteiger charge is -2.15. The van der Waals surface area contributed by atoms with E-state index < -0.39 is 6.36 Å². The van der Waals surface area contributed by atoms with E-state index >= 15 is 0 Å². The van der Waals surface area contributed by atoms with E-state index in [2.05, 4.69) is 20.0 Å². The van der Waals surface area contributed by atoms with Crippen molar-refractivity contribution in [2.75, 3.05) is 6.61 Å². The summed E-state index contributed by atoms with van der Waals surface area (Å²) in [6.45, 7) is 1.75. The molecule has 2 aromatic carbocycles. The second kappa shape index (κ2) is 10.2. The second-order valence-electron chi connectivity index (χ2n) is 7.65. The summed E-state index contributed by atoms with van der Waals surface area (Å²) >= 11 is 5.91. The smallest absolute Gasteiger partial charge is 0.455 e. The van der Waals surface area contributed by atoms with Crippen LogP contribution < -0.4 is 14.8 Å². The van der Waals surface area contributed by atoms with Crippen LogP contribution in [-0.2, 0) is 11.3 Å². The number of hydrogen-bond acceptors (Lipinski definition) is 5. The van der Waals surface area contributed by atoms with E-state index in [1.54, 1.807) is 35.0 Å². The van der Waals surface area contributed by atoms with Gasteiger partial charge in [0.15, 0.2) is 12.3 Å². The molecule has 0 spiro atoms. The number of nitrogens with zero attached hydrogens (tertiary/aromatic N) is 3. The normalized spacial score (nSPS) is 12.4. The summed E-state index contributed by atoms with van der Waals surface area (Å²) in [5.74, 6) is -0.675. The molecular weight excluding hydrogens is 485 g/mol. The molecule has 2 aromatic heterocycles. The number of carbonyl (C=O) groups excluding carboxylic acids is 1. The van der Waals surface area contributed by atoms with Crippen LogP contribution in [0.4, 0.5) is 13.2 Å². The van der Waals surface area contributed by atoms with Crippen molar-refractivity contribution in [1.82, 2.24) is 19.9 Å².